The molecule has 3 aromatic carbocycles. The van der Waals surface area contributed by atoms with Gasteiger partial charge in [-0.2, -0.15) is 0 Å². The zero-order valence-corrected chi connectivity index (χ0v) is 33.7. The predicted molar refractivity (Wildman–Crippen MR) is 227 cm³/mol. The van der Waals surface area contributed by atoms with Gasteiger partial charge >= 0.3 is 0 Å². The van der Waals surface area contributed by atoms with Crippen molar-refractivity contribution in [1.82, 2.24) is 24.7 Å². The summed E-state index contributed by atoms with van der Waals surface area (Å²) in [5, 5.41) is 20.6. The van der Waals surface area contributed by atoms with Crippen LogP contribution in [0.15, 0.2) is 115 Å². The number of fused-ring (bicyclic) bond motifs is 1. The van der Waals surface area contributed by atoms with Crippen LogP contribution >= 0.6 is 0 Å². The third-order valence-corrected chi connectivity index (χ3v) is 13.0. The van der Waals surface area contributed by atoms with Gasteiger partial charge in [0.25, 0.3) is 21.6 Å². The Morgan fingerprint density at radius 1 is 0.967 bits per heavy atom. The molecular formula is C44H46N8O7S. The molecule has 15 nitrogen and oxygen atoms in total. The number of rotatable bonds is 13. The topological polar surface area (TPSA) is 175 Å². The summed E-state index contributed by atoms with van der Waals surface area (Å²) in [6.07, 6.45) is 17.5. The Labute approximate surface area is 347 Å². The van der Waals surface area contributed by atoms with E-state index >= 15 is 0 Å². The quantitative estimate of drug-likeness (QED) is 0.0773. The number of hydrogen-bond acceptors (Lipinski definition) is 12. The number of pyridine rings is 1. The number of hydrogen-bond donors (Lipinski definition) is 3. The number of nitro groups is 1. The van der Waals surface area contributed by atoms with E-state index in [-0.39, 0.29) is 29.0 Å². The van der Waals surface area contributed by atoms with E-state index in [9.17, 15) is 23.3 Å². The van der Waals surface area contributed by atoms with Crippen LogP contribution in [0.2, 0.25) is 0 Å². The van der Waals surface area contributed by atoms with E-state index in [4.69, 9.17) is 9.47 Å². The number of aromatic nitrogens is 2. The summed E-state index contributed by atoms with van der Waals surface area (Å²) >= 11 is 0. The molecule has 60 heavy (non-hydrogen) atoms. The maximum atomic E-state index is 14.0. The molecule has 1 atom stereocenters. The standard InChI is InChI=1S/C44H46N8O7S/c53-44(48-60(56,57)35-12-14-39(41(26-35)52(54)55)46-27-30-16-22-58-23-17-30)38-13-11-33(25-42(38)59-34-24-32-15-18-45-43(32)47-28-34)49-19-3-4-20-50(29-49)51-21-5-8-40(51)37-7-2-1-6-36(37)31-9-10-31/h1-4,6-7,11-15,18-20,24-26,28,30-31,40,46H,5,8-10,16-17,21-23,27,29H2,(H,45,47)(H,48,53). The first-order chi connectivity index (χ1) is 29.2. The van der Waals surface area contributed by atoms with Crippen LogP contribution in [0, 0.1) is 16.0 Å². The molecule has 0 spiro atoms. The van der Waals surface area contributed by atoms with Gasteiger partial charge in [0.2, 0.25) is 0 Å². The molecule has 1 aliphatic carbocycles. The highest BCUT2D eigenvalue weighted by Crippen LogP contribution is 2.46. The third kappa shape index (κ3) is 8.44. The number of nitro benzene ring substituents is 1. The van der Waals surface area contributed by atoms with Crippen molar-refractivity contribution < 1.29 is 27.6 Å². The van der Waals surface area contributed by atoms with Crippen molar-refractivity contribution in [2.45, 2.75) is 55.4 Å². The van der Waals surface area contributed by atoms with Crippen LogP contribution in [0.4, 0.5) is 17.1 Å². The van der Waals surface area contributed by atoms with Gasteiger partial charge in [-0.15, -0.1) is 0 Å². The number of nitrogens with zero attached hydrogens (tertiary/aromatic N) is 5. The summed E-state index contributed by atoms with van der Waals surface area (Å²) in [5.74, 6) is 0.352. The minimum absolute atomic E-state index is 0.0641. The van der Waals surface area contributed by atoms with Gasteiger partial charge in [-0.1, -0.05) is 24.3 Å². The van der Waals surface area contributed by atoms with Gasteiger partial charge in [0.05, 0.1) is 27.6 Å². The number of anilines is 2. The van der Waals surface area contributed by atoms with E-state index in [0.717, 1.165) is 43.7 Å². The SMILES string of the molecule is O=C(NS(=O)(=O)c1ccc(NCC2CCOCC2)c([N+](=O)[O-])c1)c1ccc(N2C=CC=CN(N3CCCC3c3ccccc3C3CC3)C2)cc1Oc1cnc2[nH]ccc2c1. The number of hydrazine groups is 1. The van der Waals surface area contributed by atoms with Crippen LogP contribution < -0.4 is 19.7 Å². The molecule has 9 rings (SSSR count). The molecule has 16 heteroatoms. The first-order valence-corrected chi connectivity index (χ1v) is 21.8. The Hall–Kier alpha value is -6.23. The zero-order valence-electron chi connectivity index (χ0n) is 32.9. The van der Waals surface area contributed by atoms with Gasteiger partial charge < -0.3 is 24.7 Å². The molecule has 0 radical (unpaired) electrons. The Morgan fingerprint density at radius 2 is 1.78 bits per heavy atom. The van der Waals surface area contributed by atoms with E-state index in [2.05, 4.69) is 60.5 Å². The van der Waals surface area contributed by atoms with Crippen molar-refractivity contribution in [2.24, 2.45) is 5.92 Å². The second-order valence-corrected chi connectivity index (χ2v) is 17.3. The molecular weight excluding hydrogens is 785 g/mol. The maximum absolute atomic E-state index is 14.0. The highest BCUT2D eigenvalue weighted by Gasteiger charge is 2.35. The minimum atomic E-state index is -4.57. The number of allylic oxidation sites excluding steroid dienone is 2. The molecule has 2 saturated heterocycles. The van der Waals surface area contributed by atoms with Crippen molar-refractivity contribution >= 4 is 44.0 Å². The highest BCUT2D eigenvalue weighted by molar-refractivity contribution is 7.90. The van der Waals surface area contributed by atoms with E-state index in [0.29, 0.717) is 49.4 Å². The first kappa shape index (κ1) is 39.2. The van der Waals surface area contributed by atoms with Crippen LogP contribution in [0.5, 0.6) is 11.5 Å². The average molecular weight is 831 g/mol. The number of aromatic amines is 1. The van der Waals surface area contributed by atoms with Crippen LogP contribution in [0.25, 0.3) is 11.0 Å². The van der Waals surface area contributed by atoms with Crippen LogP contribution in [0.3, 0.4) is 0 Å². The Balaban J connectivity index is 0.983. The van der Waals surface area contributed by atoms with Crippen LogP contribution in [-0.4, -0.2) is 72.2 Å². The summed E-state index contributed by atoms with van der Waals surface area (Å²) in [5.41, 5.74) is 3.89. The van der Waals surface area contributed by atoms with Crippen LogP contribution in [0.1, 0.15) is 72.0 Å². The monoisotopic (exact) mass is 830 g/mol. The Kier molecular flexibility index (Phi) is 11.0. The molecule has 5 aromatic rings. The average Bonchev–Trinajstić information content (AvgIpc) is 3.89. The second-order valence-electron chi connectivity index (χ2n) is 15.6. The summed E-state index contributed by atoms with van der Waals surface area (Å²) in [7, 11) is -4.57. The van der Waals surface area contributed by atoms with Gasteiger partial charge in [0.15, 0.2) is 0 Å². The Bertz CT molecular complexity index is 2580. The van der Waals surface area contributed by atoms with Gasteiger partial charge in [0, 0.05) is 68.1 Å². The molecule has 1 saturated carbocycles. The largest absolute Gasteiger partial charge is 0.455 e. The van der Waals surface area contributed by atoms with Crippen molar-refractivity contribution in [2.75, 3.05) is 43.2 Å². The molecule has 1 unspecified atom stereocenters. The smallest absolute Gasteiger partial charge is 0.293 e. The van der Waals surface area contributed by atoms with Crippen molar-refractivity contribution in [1.29, 1.82) is 0 Å². The lowest BCUT2D eigenvalue weighted by molar-refractivity contribution is -0.384. The number of carbonyl (C=O) groups is 1. The third-order valence-electron chi connectivity index (χ3n) is 11.6. The Morgan fingerprint density at radius 3 is 2.60 bits per heavy atom. The number of nitrogens with one attached hydrogen (secondary N) is 3. The predicted octanol–water partition coefficient (Wildman–Crippen LogP) is 7.96. The first-order valence-electron chi connectivity index (χ1n) is 20.4. The number of carbonyl (C=O) groups excluding carboxylic acids is 1. The van der Waals surface area contributed by atoms with E-state index in [1.165, 1.54) is 48.4 Å². The van der Waals surface area contributed by atoms with E-state index in [1.807, 2.05) is 29.3 Å². The van der Waals surface area contributed by atoms with Gasteiger partial charge in [-0.3, -0.25) is 19.9 Å². The van der Waals surface area contributed by atoms with E-state index < -0.39 is 31.4 Å². The fourth-order valence-electron chi connectivity index (χ4n) is 8.33. The lowest BCUT2D eigenvalue weighted by atomic mass is 9.96. The minimum Gasteiger partial charge on any atom is -0.455 e. The van der Waals surface area contributed by atoms with Crippen molar-refractivity contribution in [3.05, 3.63) is 137 Å². The molecule has 2 aromatic heterocycles. The number of benzene rings is 3. The normalized spacial score (nSPS) is 18.8. The molecule has 310 valence electrons. The molecule has 4 aliphatic rings. The summed E-state index contributed by atoms with van der Waals surface area (Å²) in [4.78, 5) is 34.5. The molecule has 3 N–H and O–H groups in total. The summed E-state index contributed by atoms with van der Waals surface area (Å²) in [6, 6.07) is 21.2. The summed E-state index contributed by atoms with van der Waals surface area (Å²) < 4.78 is 41.3. The van der Waals surface area contributed by atoms with Gasteiger partial charge in [0.1, 0.15) is 29.5 Å². The molecule has 3 aliphatic heterocycles. The molecule has 1 amide bonds. The van der Waals surface area contributed by atoms with Gasteiger partial charge in [-0.05, 0) is 110 Å². The maximum Gasteiger partial charge on any atom is 0.293 e. The molecule has 0 bridgehead atoms. The van der Waals surface area contributed by atoms with Crippen molar-refractivity contribution in [3.8, 4) is 11.5 Å². The van der Waals surface area contributed by atoms with Crippen molar-refractivity contribution in [3.63, 3.8) is 0 Å². The lowest BCUT2D eigenvalue weighted by Gasteiger charge is -2.38. The number of H-pyrrole nitrogens is 1. The van der Waals surface area contributed by atoms with Gasteiger partial charge in [-0.25, -0.2) is 23.1 Å². The number of ether oxygens (including phenoxy) is 2. The zero-order chi connectivity index (χ0) is 41.2. The lowest BCUT2D eigenvalue weighted by Crippen LogP contribution is -2.43. The second kappa shape index (κ2) is 16.8. The fourth-order valence-corrected chi connectivity index (χ4v) is 9.31. The molecule has 5 heterocycles. The van der Waals surface area contributed by atoms with E-state index in [1.54, 1.807) is 24.4 Å². The fraction of sp³-hybridized carbons (Fsp3) is 0.318. The van der Waals surface area contributed by atoms with Crippen LogP contribution in [-0.2, 0) is 14.8 Å². The molecule has 3 fully saturated rings. The summed E-state index contributed by atoms with van der Waals surface area (Å²) in [6.45, 7) is 3.09. The number of sulfonamides is 1. The number of amides is 1. The highest BCUT2D eigenvalue weighted by atomic mass is 32.2.